The largest absolute Gasteiger partial charge is 0.305 e. The van der Waals surface area contributed by atoms with Gasteiger partial charge in [-0.1, -0.05) is 105 Å². The summed E-state index contributed by atoms with van der Waals surface area (Å²) in [6.45, 7) is 14.3. The molecule has 0 bridgehead atoms. The van der Waals surface area contributed by atoms with Crippen molar-refractivity contribution in [2.75, 3.05) is 0 Å². The van der Waals surface area contributed by atoms with E-state index in [1.54, 1.807) is 26.1 Å². The quantitative estimate of drug-likeness (QED) is 0.127. The van der Waals surface area contributed by atoms with E-state index < -0.39 is 26.6 Å². The van der Waals surface area contributed by atoms with Crippen molar-refractivity contribution in [2.24, 2.45) is 0 Å². The molecule has 3 heterocycles. The summed E-state index contributed by atoms with van der Waals surface area (Å²) in [5.41, 5.74) is 9.72. The molecular formula is C44H43FIrN2SSi-2. The second kappa shape index (κ2) is 15.2. The number of benzene rings is 4. The van der Waals surface area contributed by atoms with Gasteiger partial charge in [0.1, 0.15) is 0 Å². The minimum Gasteiger partial charge on any atom is -0.305 e. The number of hydrogen-bond acceptors (Lipinski definition) is 3. The van der Waals surface area contributed by atoms with Crippen LogP contribution in [0.1, 0.15) is 53.0 Å². The average Bonchev–Trinajstić information content (AvgIpc) is 3.46. The van der Waals surface area contributed by atoms with Gasteiger partial charge in [0.15, 0.2) is 0 Å². The van der Waals surface area contributed by atoms with Gasteiger partial charge in [0.05, 0.1) is 8.07 Å². The maximum absolute atomic E-state index is 14.5. The Hall–Kier alpha value is -3.80. The van der Waals surface area contributed by atoms with E-state index in [1.807, 2.05) is 23.6 Å². The van der Waals surface area contributed by atoms with Gasteiger partial charge < -0.3 is 9.97 Å². The fourth-order valence-electron chi connectivity index (χ4n) is 6.51. The summed E-state index contributed by atoms with van der Waals surface area (Å²) in [7, 11) is -1.72. The number of rotatable bonds is 5. The van der Waals surface area contributed by atoms with E-state index in [9.17, 15) is 4.39 Å². The summed E-state index contributed by atoms with van der Waals surface area (Å²) in [5, 5.41) is 3.65. The van der Waals surface area contributed by atoms with Crippen LogP contribution in [0, 0.1) is 45.6 Å². The van der Waals surface area contributed by atoms with Crippen molar-refractivity contribution in [3.8, 4) is 33.6 Å². The van der Waals surface area contributed by atoms with Crippen molar-refractivity contribution in [1.29, 1.82) is 0 Å². The molecule has 0 unspecified atom stereocenters. The first-order valence-corrected chi connectivity index (χ1v) is 20.7. The number of nitrogens with zero attached hydrogens (tertiary/aromatic N) is 2. The number of aromatic nitrogens is 2. The average molecular weight is 875 g/mol. The molecule has 2 nitrogen and oxygen atoms in total. The maximum Gasteiger partial charge on any atom is 0.0799 e. The van der Waals surface area contributed by atoms with Crippen molar-refractivity contribution in [2.45, 2.75) is 67.0 Å². The minimum atomic E-state index is -2.38. The molecule has 50 heavy (non-hydrogen) atoms. The Labute approximate surface area is 320 Å². The Balaban J connectivity index is 0.000000206. The molecule has 0 N–H and O–H groups in total. The van der Waals surface area contributed by atoms with Crippen LogP contribution in [0.4, 0.5) is 4.39 Å². The number of thiophene rings is 1. The standard InChI is InChI=1S/C26H20NS.C18H23FNSi.Ir/c1-16-13-17(2)25(18(3)14-16)19-11-12-27-23(15-19)22-9-6-8-21-20-7-4-5-10-24(20)28-26(21)22;1-12(2)15-10-17(20-11-18(15)21(4,5)6)14-8-7-13(3)9-16(14)19;/h4-8,10-15H,1-3H3;7,9-12H,1-6H3;/q2*-1;/i;3D3,12D;. The zero-order valence-corrected chi connectivity index (χ0v) is 33.9. The second-order valence-electron chi connectivity index (χ2n) is 13.9. The molecule has 257 valence electrons. The monoisotopic (exact) mass is 875 g/mol. The molecule has 0 fully saturated rings. The molecule has 0 saturated heterocycles. The first kappa shape index (κ1) is 32.1. The van der Waals surface area contributed by atoms with Crippen LogP contribution in [0.25, 0.3) is 53.8 Å². The summed E-state index contributed by atoms with van der Waals surface area (Å²) in [6, 6.07) is 31.8. The van der Waals surface area contributed by atoms with E-state index in [0.29, 0.717) is 5.69 Å². The van der Waals surface area contributed by atoms with E-state index in [0.717, 1.165) is 28.1 Å². The fourth-order valence-corrected chi connectivity index (χ4v) is 9.30. The second-order valence-corrected chi connectivity index (χ2v) is 20.0. The molecule has 0 aliphatic carbocycles. The zero-order valence-electron chi connectivity index (χ0n) is 33.7. The van der Waals surface area contributed by atoms with Crippen LogP contribution in [0.5, 0.6) is 0 Å². The summed E-state index contributed by atoms with van der Waals surface area (Å²) in [6.07, 6.45) is 3.65. The number of aryl methyl sites for hydroxylation is 4. The third kappa shape index (κ3) is 7.74. The molecule has 1 radical (unpaired) electrons. The van der Waals surface area contributed by atoms with Crippen LogP contribution in [0.15, 0.2) is 91.3 Å². The van der Waals surface area contributed by atoms with Crippen molar-refractivity contribution in [1.82, 2.24) is 9.97 Å². The molecule has 0 saturated carbocycles. The van der Waals surface area contributed by atoms with Crippen LogP contribution in [-0.2, 0) is 20.1 Å². The van der Waals surface area contributed by atoms with Crippen LogP contribution in [0.3, 0.4) is 0 Å². The number of halogens is 1. The van der Waals surface area contributed by atoms with Crippen LogP contribution >= 0.6 is 11.3 Å². The number of pyridine rings is 2. The molecule has 0 amide bonds. The molecule has 6 heteroatoms. The van der Waals surface area contributed by atoms with Crippen LogP contribution in [-0.4, -0.2) is 18.0 Å². The van der Waals surface area contributed by atoms with Crippen molar-refractivity contribution < 1.29 is 30.0 Å². The predicted molar refractivity (Wildman–Crippen MR) is 211 cm³/mol. The maximum atomic E-state index is 14.5. The van der Waals surface area contributed by atoms with Gasteiger partial charge in [0, 0.05) is 48.5 Å². The summed E-state index contributed by atoms with van der Waals surface area (Å²) >= 11 is 1.82. The van der Waals surface area contributed by atoms with Crippen molar-refractivity contribution in [3.63, 3.8) is 0 Å². The van der Waals surface area contributed by atoms with Gasteiger partial charge in [0.25, 0.3) is 0 Å². The summed E-state index contributed by atoms with van der Waals surface area (Å²) < 4.78 is 47.6. The van der Waals surface area contributed by atoms with E-state index in [4.69, 9.17) is 10.5 Å². The van der Waals surface area contributed by atoms with Gasteiger partial charge >= 0.3 is 0 Å². The predicted octanol–water partition coefficient (Wildman–Crippen LogP) is 12.2. The first-order chi connectivity index (χ1) is 24.8. The normalized spacial score (nSPS) is 13.1. The van der Waals surface area contributed by atoms with Gasteiger partial charge in [-0.3, -0.25) is 4.39 Å². The van der Waals surface area contributed by atoms with Crippen molar-refractivity contribution >= 4 is 44.8 Å². The molecular weight excluding hydrogens is 828 g/mol. The van der Waals surface area contributed by atoms with E-state index in [-0.39, 0.29) is 31.2 Å². The Morgan fingerprint density at radius 3 is 2.24 bits per heavy atom. The van der Waals surface area contributed by atoms with Gasteiger partial charge in [-0.25, -0.2) is 0 Å². The smallest absolute Gasteiger partial charge is 0.0799 e. The molecule has 4 aromatic carbocycles. The fraction of sp³-hybridized carbons (Fsp3) is 0.227. The summed E-state index contributed by atoms with van der Waals surface area (Å²) in [5.74, 6) is -1.52. The van der Waals surface area contributed by atoms with E-state index >= 15 is 0 Å². The first-order valence-electron chi connectivity index (χ1n) is 18.4. The van der Waals surface area contributed by atoms with Gasteiger partial charge in [0.2, 0.25) is 0 Å². The van der Waals surface area contributed by atoms with Gasteiger partial charge in [-0.2, -0.15) is 11.3 Å². The van der Waals surface area contributed by atoms with E-state index in [2.05, 4.69) is 112 Å². The Morgan fingerprint density at radius 2 is 1.56 bits per heavy atom. The zero-order chi connectivity index (χ0) is 38.5. The molecule has 0 aliphatic rings. The van der Waals surface area contributed by atoms with Gasteiger partial charge in [-0.15, -0.1) is 47.5 Å². The van der Waals surface area contributed by atoms with Crippen molar-refractivity contribution in [3.05, 3.63) is 137 Å². The third-order valence-corrected chi connectivity index (χ3v) is 11.9. The van der Waals surface area contributed by atoms with E-state index in [1.165, 1.54) is 54.1 Å². The molecule has 7 aromatic rings. The topological polar surface area (TPSA) is 25.8 Å². The molecule has 0 aliphatic heterocycles. The SMILES string of the molecule is Cc1cc(C)c(-c2ccnc(-c3[c-]ccc4c3sc3ccccc34)c2)c(C)c1.[2H]C([2H])([2H])c1c[c-]c(-c2cc(C([2H])(C)C)c([Si](C)(C)C)cn2)c(F)c1.[Ir]. The third-order valence-electron chi connectivity index (χ3n) is 8.72. The molecule has 3 aromatic heterocycles. The Bertz CT molecular complexity index is 2460. The summed E-state index contributed by atoms with van der Waals surface area (Å²) in [4.78, 5) is 9.09. The van der Waals surface area contributed by atoms with Crippen LogP contribution in [0.2, 0.25) is 19.6 Å². The number of fused-ring (bicyclic) bond motifs is 3. The molecule has 0 atom stereocenters. The number of hydrogen-bond donors (Lipinski definition) is 0. The Morgan fingerprint density at radius 1 is 0.840 bits per heavy atom. The Kier molecular flexibility index (Phi) is 9.77. The van der Waals surface area contributed by atoms with Gasteiger partial charge in [-0.05, 0) is 87.7 Å². The molecule has 7 rings (SSSR count). The van der Waals surface area contributed by atoms with Crippen LogP contribution < -0.4 is 5.19 Å². The minimum absolute atomic E-state index is 0. The molecule has 0 spiro atoms.